The highest BCUT2D eigenvalue weighted by atomic mass is 14.4. The molecule has 0 bridgehead atoms. The predicted molar refractivity (Wildman–Crippen MR) is 122 cm³/mol. The SMILES string of the molecule is C=C(C)CC1CCC(C2(C)CCCCC2)CC1.CCCC1CCC(C)CC1. The molecular weight excluding hydrogens is 324 g/mol. The molecule has 0 aromatic carbocycles. The van der Waals surface area contributed by atoms with Gasteiger partial charge in [0.15, 0.2) is 0 Å². The summed E-state index contributed by atoms with van der Waals surface area (Å²) in [5.41, 5.74) is 2.09. The van der Waals surface area contributed by atoms with Crippen LogP contribution in [0.1, 0.15) is 130 Å². The Morgan fingerprint density at radius 3 is 1.93 bits per heavy atom. The van der Waals surface area contributed by atoms with Crippen molar-refractivity contribution in [2.75, 3.05) is 0 Å². The lowest BCUT2D eigenvalue weighted by Gasteiger charge is -2.44. The third-order valence-electron chi connectivity index (χ3n) is 8.30. The maximum absolute atomic E-state index is 4.07. The zero-order valence-electron chi connectivity index (χ0n) is 19.3. The summed E-state index contributed by atoms with van der Waals surface area (Å²) in [6, 6.07) is 0. The standard InChI is InChI=1S/C17H30.C10H20/c1-14(2)13-15-7-9-16(10-8-15)17(3)11-5-4-6-12-17;1-3-4-10-7-5-9(2)6-8-10/h15-16H,1,4-13H2,2-3H3;9-10H,3-8H2,1-2H3. The molecule has 0 unspecified atom stereocenters. The lowest BCUT2D eigenvalue weighted by Crippen LogP contribution is -2.32. The summed E-state index contributed by atoms with van der Waals surface area (Å²) < 4.78 is 0. The second-order valence-electron chi connectivity index (χ2n) is 11.0. The van der Waals surface area contributed by atoms with E-state index < -0.39 is 0 Å². The third kappa shape index (κ3) is 7.94. The first-order chi connectivity index (χ1) is 12.9. The smallest absolute Gasteiger partial charge is 0.0297 e. The average Bonchev–Trinajstić information content (AvgIpc) is 2.65. The first-order valence-electron chi connectivity index (χ1n) is 12.6. The summed E-state index contributed by atoms with van der Waals surface area (Å²) in [5, 5.41) is 0. The molecule has 3 aliphatic carbocycles. The maximum Gasteiger partial charge on any atom is -0.0297 e. The monoisotopic (exact) mass is 374 g/mol. The Morgan fingerprint density at radius 2 is 1.41 bits per heavy atom. The summed E-state index contributed by atoms with van der Waals surface area (Å²) >= 11 is 0. The van der Waals surface area contributed by atoms with Crippen LogP contribution in [0.5, 0.6) is 0 Å². The molecule has 0 spiro atoms. The van der Waals surface area contributed by atoms with Gasteiger partial charge in [0.25, 0.3) is 0 Å². The van der Waals surface area contributed by atoms with Crippen LogP contribution in [0, 0.1) is 29.1 Å². The van der Waals surface area contributed by atoms with Crippen LogP contribution < -0.4 is 0 Å². The van der Waals surface area contributed by atoms with E-state index in [1.165, 1.54) is 108 Å². The predicted octanol–water partition coefficient (Wildman–Crippen LogP) is 9.34. The van der Waals surface area contributed by atoms with Crippen LogP contribution in [-0.2, 0) is 0 Å². The fourth-order valence-electron chi connectivity index (χ4n) is 6.35. The van der Waals surface area contributed by atoms with E-state index in [0.29, 0.717) is 5.41 Å². The van der Waals surface area contributed by atoms with Gasteiger partial charge in [0.05, 0.1) is 0 Å². The first-order valence-corrected chi connectivity index (χ1v) is 12.6. The zero-order valence-corrected chi connectivity index (χ0v) is 19.3. The molecule has 0 nitrogen and oxygen atoms in total. The van der Waals surface area contributed by atoms with Gasteiger partial charge < -0.3 is 0 Å². The molecule has 3 saturated carbocycles. The minimum absolute atomic E-state index is 0.701. The maximum atomic E-state index is 4.07. The lowest BCUT2D eigenvalue weighted by molar-refractivity contribution is 0.0734. The Bertz CT molecular complexity index is 398. The van der Waals surface area contributed by atoms with Crippen molar-refractivity contribution >= 4 is 0 Å². The molecule has 0 heterocycles. The highest BCUT2D eigenvalue weighted by Gasteiger charge is 2.37. The summed E-state index contributed by atoms with van der Waals surface area (Å²) in [4.78, 5) is 0. The van der Waals surface area contributed by atoms with Gasteiger partial charge >= 0.3 is 0 Å². The Balaban J connectivity index is 0.000000223. The molecule has 3 fully saturated rings. The molecule has 3 rings (SSSR count). The lowest BCUT2D eigenvalue weighted by atomic mass is 9.61. The fourth-order valence-corrected chi connectivity index (χ4v) is 6.35. The molecule has 0 saturated heterocycles. The van der Waals surface area contributed by atoms with Crippen LogP contribution >= 0.6 is 0 Å². The van der Waals surface area contributed by atoms with Crippen LogP contribution in [0.25, 0.3) is 0 Å². The minimum Gasteiger partial charge on any atom is -0.100 e. The molecule has 0 amide bonds. The molecule has 3 aliphatic rings. The van der Waals surface area contributed by atoms with Crippen molar-refractivity contribution in [3.05, 3.63) is 12.2 Å². The second kappa shape index (κ2) is 11.7. The summed E-state index contributed by atoms with van der Waals surface area (Å²) in [6.07, 6.45) is 23.5. The van der Waals surface area contributed by atoms with Gasteiger partial charge in [-0.25, -0.2) is 0 Å². The van der Waals surface area contributed by atoms with Crippen molar-refractivity contribution in [1.29, 1.82) is 0 Å². The van der Waals surface area contributed by atoms with Gasteiger partial charge in [-0.2, -0.15) is 0 Å². The average molecular weight is 375 g/mol. The zero-order chi connectivity index (χ0) is 19.7. The van der Waals surface area contributed by atoms with Crippen LogP contribution in [0.4, 0.5) is 0 Å². The minimum atomic E-state index is 0.701. The van der Waals surface area contributed by atoms with Crippen molar-refractivity contribution in [1.82, 2.24) is 0 Å². The Labute approximate surface area is 172 Å². The highest BCUT2D eigenvalue weighted by Crippen LogP contribution is 2.49. The van der Waals surface area contributed by atoms with Gasteiger partial charge in [0.1, 0.15) is 0 Å². The van der Waals surface area contributed by atoms with E-state index in [1.807, 2.05) is 0 Å². The Morgan fingerprint density at radius 1 is 0.852 bits per heavy atom. The third-order valence-corrected chi connectivity index (χ3v) is 8.30. The molecule has 0 aromatic rings. The van der Waals surface area contributed by atoms with Crippen molar-refractivity contribution in [3.8, 4) is 0 Å². The second-order valence-corrected chi connectivity index (χ2v) is 11.0. The van der Waals surface area contributed by atoms with E-state index >= 15 is 0 Å². The number of allylic oxidation sites excluding steroid dienone is 1. The number of rotatable bonds is 5. The van der Waals surface area contributed by atoms with E-state index in [9.17, 15) is 0 Å². The van der Waals surface area contributed by atoms with Crippen molar-refractivity contribution in [2.45, 2.75) is 130 Å². The van der Waals surface area contributed by atoms with Crippen molar-refractivity contribution < 1.29 is 0 Å². The quantitative estimate of drug-likeness (QED) is 0.420. The van der Waals surface area contributed by atoms with E-state index in [-0.39, 0.29) is 0 Å². The molecule has 0 N–H and O–H groups in total. The molecule has 0 heteroatoms. The van der Waals surface area contributed by atoms with E-state index in [2.05, 4.69) is 34.3 Å². The summed E-state index contributed by atoms with van der Waals surface area (Å²) in [5.74, 6) is 4.09. The fraction of sp³-hybridized carbons (Fsp3) is 0.926. The van der Waals surface area contributed by atoms with Gasteiger partial charge in [-0.3, -0.25) is 0 Å². The number of hydrogen-bond acceptors (Lipinski definition) is 0. The normalized spacial score (nSPS) is 33.6. The van der Waals surface area contributed by atoms with Gasteiger partial charge in [-0.1, -0.05) is 84.1 Å². The van der Waals surface area contributed by atoms with Gasteiger partial charge in [-0.05, 0) is 81.0 Å². The largest absolute Gasteiger partial charge is 0.100 e. The van der Waals surface area contributed by atoms with E-state index in [0.717, 1.165) is 23.7 Å². The van der Waals surface area contributed by atoms with Gasteiger partial charge in [0.2, 0.25) is 0 Å². The van der Waals surface area contributed by atoms with Crippen LogP contribution in [0.2, 0.25) is 0 Å². The van der Waals surface area contributed by atoms with E-state index in [1.54, 1.807) is 0 Å². The molecule has 158 valence electrons. The Hall–Kier alpha value is -0.260. The molecule has 0 aromatic heterocycles. The highest BCUT2D eigenvalue weighted by molar-refractivity contribution is 4.94. The molecule has 0 radical (unpaired) electrons. The summed E-state index contributed by atoms with van der Waals surface area (Å²) in [7, 11) is 0. The van der Waals surface area contributed by atoms with Gasteiger partial charge in [-0.15, -0.1) is 6.58 Å². The molecular formula is C27H50. The molecule has 0 aliphatic heterocycles. The van der Waals surface area contributed by atoms with Crippen molar-refractivity contribution in [2.24, 2.45) is 29.1 Å². The van der Waals surface area contributed by atoms with Crippen molar-refractivity contribution in [3.63, 3.8) is 0 Å². The van der Waals surface area contributed by atoms with Crippen LogP contribution in [-0.4, -0.2) is 0 Å². The van der Waals surface area contributed by atoms with E-state index in [4.69, 9.17) is 0 Å². The van der Waals surface area contributed by atoms with Crippen LogP contribution in [0.15, 0.2) is 12.2 Å². The Kier molecular flexibility index (Phi) is 9.95. The molecule has 0 atom stereocenters. The topological polar surface area (TPSA) is 0 Å². The van der Waals surface area contributed by atoms with Gasteiger partial charge in [0, 0.05) is 0 Å². The summed E-state index contributed by atoms with van der Waals surface area (Å²) in [6.45, 7) is 13.5. The first kappa shape index (κ1) is 23.0. The number of hydrogen-bond donors (Lipinski definition) is 0. The molecule has 27 heavy (non-hydrogen) atoms. The van der Waals surface area contributed by atoms with Crippen LogP contribution in [0.3, 0.4) is 0 Å².